The average Bonchev–Trinajstić information content (AvgIpc) is 2.70. The molecule has 1 aromatic carbocycles. The Labute approximate surface area is 116 Å². The monoisotopic (exact) mass is 278 g/mol. The minimum Gasteiger partial charge on any atom is -0.358 e. The van der Waals surface area contributed by atoms with Gasteiger partial charge in [0, 0.05) is 30.5 Å². The molecule has 0 saturated carbocycles. The van der Waals surface area contributed by atoms with Crippen LogP contribution in [0.25, 0.3) is 0 Å². The van der Waals surface area contributed by atoms with E-state index >= 15 is 0 Å². The van der Waals surface area contributed by atoms with Gasteiger partial charge in [0.05, 0.1) is 6.20 Å². The Balaban J connectivity index is 1.88. The minimum absolute atomic E-state index is 0.268. The fourth-order valence-electron chi connectivity index (χ4n) is 1.60. The number of halogens is 1. The number of anilines is 1. The van der Waals surface area contributed by atoms with Gasteiger partial charge < -0.3 is 10.6 Å². The topological polar surface area (TPSA) is 41.9 Å². The molecule has 19 heavy (non-hydrogen) atoms. The van der Waals surface area contributed by atoms with Crippen LogP contribution >= 0.6 is 12.2 Å². The maximum Gasteiger partial charge on any atom is 0.171 e. The van der Waals surface area contributed by atoms with E-state index in [1.54, 1.807) is 12.1 Å². The number of aromatic nitrogens is 2. The summed E-state index contributed by atoms with van der Waals surface area (Å²) in [7, 11) is 1.90. The van der Waals surface area contributed by atoms with Crippen molar-refractivity contribution in [2.75, 3.05) is 5.32 Å². The number of rotatable bonds is 3. The smallest absolute Gasteiger partial charge is 0.171 e. The molecule has 2 aromatic rings. The third-order valence-corrected chi connectivity index (χ3v) is 3.12. The van der Waals surface area contributed by atoms with E-state index < -0.39 is 0 Å². The highest BCUT2D eigenvalue weighted by molar-refractivity contribution is 7.80. The van der Waals surface area contributed by atoms with Gasteiger partial charge in [-0.2, -0.15) is 5.10 Å². The number of aryl methyl sites for hydroxylation is 1. The first-order valence-electron chi connectivity index (χ1n) is 5.84. The molecule has 0 radical (unpaired) electrons. The van der Waals surface area contributed by atoms with Gasteiger partial charge in [-0.1, -0.05) is 0 Å². The van der Waals surface area contributed by atoms with Crippen molar-refractivity contribution in [3.63, 3.8) is 0 Å². The lowest BCUT2D eigenvalue weighted by molar-refractivity contribution is 0.628. The zero-order valence-electron chi connectivity index (χ0n) is 10.8. The second kappa shape index (κ2) is 5.79. The molecule has 0 aliphatic carbocycles. The van der Waals surface area contributed by atoms with E-state index in [1.807, 2.05) is 24.9 Å². The molecule has 0 atom stereocenters. The first-order valence-corrected chi connectivity index (χ1v) is 6.25. The van der Waals surface area contributed by atoms with Crippen LogP contribution in [-0.2, 0) is 13.6 Å². The fraction of sp³-hybridized carbons (Fsp3) is 0.231. The predicted octanol–water partition coefficient (Wildman–Crippen LogP) is 2.35. The fourth-order valence-corrected chi connectivity index (χ4v) is 1.79. The number of nitrogens with one attached hydrogen (secondary N) is 2. The van der Waals surface area contributed by atoms with E-state index in [0.717, 1.165) is 16.9 Å². The van der Waals surface area contributed by atoms with Crippen LogP contribution in [0.2, 0.25) is 0 Å². The van der Waals surface area contributed by atoms with Crippen molar-refractivity contribution in [3.8, 4) is 0 Å². The molecule has 0 unspecified atom stereocenters. The average molecular weight is 278 g/mol. The zero-order chi connectivity index (χ0) is 13.8. The lowest BCUT2D eigenvalue weighted by atomic mass is 10.2. The molecule has 0 fully saturated rings. The Morgan fingerprint density at radius 1 is 1.37 bits per heavy atom. The lowest BCUT2D eigenvalue weighted by Gasteiger charge is -2.10. The maximum atomic E-state index is 12.8. The molecular formula is C13H15FN4S. The van der Waals surface area contributed by atoms with Crippen molar-refractivity contribution in [1.29, 1.82) is 0 Å². The number of thiocarbonyl (C=S) groups is 1. The van der Waals surface area contributed by atoms with Crippen LogP contribution < -0.4 is 10.6 Å². The van der Waals surface area contributed by atoms with Crippen LogP contribution in [0.15, 0.2) is 30.5 Å². The molecule has 4 nitrogen and oxygen atoms in total. The second-order valence-corrected chi connectivity index (χ2v) is 4.60. The van der Waals surface area contributed by atoms with Crippen LogP contribution in [-0.4, -0.2) is 14.9 Å². The molecule has 0 aliphatic heterocycles. The summed E-state index contributed by atoms with van der Waals surface area (Å²) < 4.78 is 14.6. The minimum atomic E-state index is -0.268. The summed E-state index contributed by atoms with van der Waals surface area (Å²) in [6, 6.07) is 6.05. The van der Waals surface area contributed by atoms with Crippen LogP contribution in [0.4, 0.5) is 10.1 Å². The summed E-state index contributed by atoms with van der Waals surface area (Å²) in [4.78, 5) is 0. The van der Waals surface area contributed by atoms with Gasteiger partial charge in [-0.15, -0.1) is 0 Å². The van der Waals surface area contributed by atoms with Gasteiger partial charge in [-0.05, 0) is 43.4 Å². The molecule has 1 aromatic heterocycles. The Kier molecular flexibility index (Phi) is 4.11. The highest BCUT2D eigenvalue weighted by Crippen LogP contribution is 2.08. The zero-order valence-corrected chi connectivity index (χ0v) is 11.6. The Morgan fingerprint density at radius 3 is 2.63 bits per heavy atom. The molecule has 2 rings (SSSR count). The van der Waals surface area contributed by atoms with Gasteiger partial charge in [0.25, 0.3) is 0 Å². The van der Waals surface area contributed by atoms with Crippen molar-refractivity contribution in [2.24, 2.45) is 7.05 Å². The van der Waals surface area contributed by atoms with Gasteiger partial charge in [0.15, 0.2) is 5.11 Å². The molecule has 0 bridgehead atoms. The highest BCUT2D eigenvalue weighted by atomic mass is 32.1. The van der Waals surface area contributed by atoms with Gasteiger partial charge in [0.1, 0.15) is 5.82 Å². The van der Waals surface area contributed by atoms with Crippen molar-refractivity contribution in [2.45, 2.75) is 13.5 Å². The van der Waals surface area contributed by atoms with Crippen LogP contribution in [0.3, 0.4) is 0 Å². The normalized spacial score (nSPS) is 10.3. The van der Waals surface area contributed by atoms with Crippen LogP contribution in [0, 0.1) is 12.7 Å². The lowest BCUT2D eigenvalue weighted by Crippen LogP contribution is -2.28. The SMILES string of the molecule is Cc1c(CNC(=S)Nc2ccc(F)cc2)cnn1C. The van der Waals surface area contributed by atoms with Gasteiger partial charge >= 0.3 is 0 Å². The third-order valence-electron chi connectivity index (χ3n) is 2.88. The summed E-state index contributed by atoms with van der Waals surface area (Å²) in [5, 5.41) is 10.7. The van der Waals surface area contributed by atoms with Gasteiger partial charge in [0.2, 0.25) is 0 Å². The number of nitrogens with zero attached hydrogens (tertiary/aromatic N) is 2. The van der Waals surface area contributed by atoms with E-state index in [0.29, 0.717) is 11.7 Å². The van der Waals surface area contributed by atoms with E-state index in [4.69, 9.17) is 12.2 Å². The molecule has 1 heterocycles. The Morgan fingerprint density at radius 2 is 2.05 bits per heavy atom. The van der Waals surface area contributed by atoms with E-state index in [2.05, 4.69) is 15.7 Å². The quantitative estimate of drug-likeness (QED) is 0.846. The number of hydrogen-bond acceptors (Lipinski definition) is 2. The second-order valence-electron chi connectivity index (χ2n) is 4.19. The third kappa shape index (κ3) is 3.51. The largest absolute Gasteiger partial charge is 0.358 e. The first-order chi connectivity index (χ1) is 9.06. The van der Waals surface area contributed by atoms with Crippen LogP contribution in [0.5, 0.6) is 0 Å². The molecule has 0 spiro atoms. The van der Waals surface area contributed by atoms with E-state index in [-0.39, 0.29) is 5.82 Å². The van der Waals surface area contributed by atoms with Gasteiger partial charge in [-0.25, -0.2) is 4.39 Å². The Bertz CT molecular complexity index is 577. The molecular weight excluding hydrogens is 263 g/mol. The number of hydrogen-bond donors (Lipinski definition) is 2. The molecule has 0 aliphatic rings. The van der Waals surface area contributed by atoms with Gasteiger partial charge in [-0.3, -0.25) is 4.68 Å². The summed E-state index contributed by atoms with van der Waals surface area (Å²) >= 11 is 5.17. The van der Waals surface area contributed by atoms with Crippen molar-refractivity contribution < 1.29 is 4.39 Å². The molecule has 0 saturated heterocycles. The van der Waals surface area contributed by atoms with Crippen molar-refractivity contribution in [3.05, 3.63) is 47.5 Å². The van der Waals surface area contributed by atoms with Crippen molar-refractivity contribution >= 4 is 23.0 Å². The summed E-state index contributed by atoms with van der Waals surface area (Å²) in [6.07, 6.45) is 1.81. The molecule has 100 valence electrons. The highest BCUT2D eigenvalue weighted by Gasteiger charge is 2.04. The number of benzene rings is 1. The molecule has 2 N–H and O–H groups in total. The molecule has 6 heteroatoms. The summed E-state index contributed by atoms with van der Waals surface area (Å²) in [6.45, 7) is 2.60. The summed E-state index contributed by atoms with van der Waals surface area (Å²) in [5.41, 5.74) is 2.93. The predicted molar refractivity (Wildman–Crippen MR) is 77.4 cm³/mol. The first kappa shape index (κ1) is 13.5. The van der Waals surface area contributed by atoms with Crippen LogP contribution in [0.1, 0.15) is 11.3 Å². The maximum absolute atomic E-state index is 12.8. The summed E-state index contributed by atoms with van der Waals surface area (Å²) in [5.74, 6) is -0.268. The van der Waals surface area contributed by atoms with Crippen molar-refractivity contribution in [1.82, 2.24) is 15.1 Å². The Hall–Kier alpha value is -1.95. The standard InChI is InChI=1S/C13H15FN4S/c1-9-10(8-16-18(9)2)7-15-13(19)17-12-5-3-11(14)4-6-12/h3-6,8H,7H2,1-2H3,(H2,15,17,19). The van der Waals surface area contributed by atoms with E-state index in [1.165, 1.54) is 12.1 Å². The molecule has 0 amide bonds. The van der Waals surface area contributed by atoms with E-state index in [9.17, 15) is 4.39 Å².